The summed E-state index contributed by atoms with van der Waals surface area (Å²) in [5.74, 6) is 0.193. The molecule has 27 heavy (non-hydrogen) atoms. The van der Waals surface area contributed by atoms with Gasteiger partial charge in [-0.05, 0) is 47.0 Å². The number of aromatic hydroxyl groups is 1. The van der Waals surface area contributed by atoms with E-state index in [-0.39, 0.29) is 17.5 Å². The highest BCUT2D eigenvalue weighted by Crippen LogP contribution is 2.37. The van der Waals surface area contributed by atoms with Crippen LogP contribution in [0.2, 0.25) is 0 Å². The Labute approximate surface area is 157 Å². The average molecular weight is 353 g/mol. The third kappa shape index (κ3) is 3.32. The molecule has 0 amide bonds. The predicted octanol–water partition coefficient (Wildman–Crippen LogP) is 5.32. The van der Waals surface area contributed by atoms with Crippen molar-refractivity contribution >= 4 is 16.6 Å². The van der Waals surface area contributed by atoms with Crippen LogP contribution in [0.3, 0.4) is 0 Å². The van der Waals surface area contributed by atoms with Crippen molar-refractivity contribution in [3.05, 3.63) is 107 Å². The van der Waals surface area contributed by atoms with Crippen molar-refractivity contribution in [2.24, 2.45) is 0 Å². The number of benzene rings is 3. The maximum atomic E-state index is 11.6. The van der Waals surface area contributed by atoms with Gasteiger partial charge in [0.05, 0.1) is 0 Å². The van der Waals surface area contributed by atoms with Crippen molar-refractivity contribution in [3.8, 4) is 5.75 Å². The summed E-state index contributed by atoms with van der Waals surface area (Å²) in [7, 11) is 0. The molecule has 0 saturated carbocycles. The first kappa shape index (κ1) is 17.0. The van der Waals surface area contributed by atoms with Crippen molar-refractivity contribution in [2.45, 2.75) is 12.8 Å². The molecular weight excluding hydrogens is 334 g/mol. The lowest BCUT2D eigenvalue weighted by Crippen LogP contribution is -2.04. The van der Waals surface area contributed by atoms with Gasteiger partial charge in [0.1, 0.15) is 5.75 Å². The number of para-hydroxylation sites is 1. The molecule has 1 atom stereocenters. The number of fused-ring (bicyclic) bond motifs is 1. The summed E-state index contributed by atoms with van der Waals surface area (Å²) >= 11 is 0. The third-order valence-corrected chi connectivity index (χ3v) is 4.87. The minimum Gasteiger partial charge on any atom is -0.508 e. The molecule has 3 heteroatoms. The summed E-state index contributed by atoms with van der Waals surface area (Å²) in [4.78, 5) is 15.9. The van der Waals surface area contributed by atoms with Crippen molar-refractivity contribution < 1.29 is 9.90 Å². The zero-order valence-electron chi connectivity index (χ0n) is 15.0. The fraction of sp³-hybridized carbons (Fsp3) is 0.0833. The lowest BCUT2D eigenvalue weighted by atomic mass is 9.84. The molecule has 132 valence electrons. The Bertz CT molecular complexity index is 1120. The number of nitrogens with zero attached hydrogens (tertiary/aromatic N) is 1. The topological polar surface area (TPSA) is 50.2 Å². The van der Waals surface area contributed by atoms with Gasteiger partial charge in [-0.15, -0.1) is 0 Å². The Morgan fingerprint density at radius 1 is 0.889 bits per heavy atom. The van der Waals surface area contributed by atoms with Gasteiger partial charge in [0.2, 0.25) is 0 Å². The lowest BCUT2D eigenvalue weighted by Gasteiger charge is -2.20. The normalized spacial score (nSPS) is 12.0. The number of phenolic OH excluding ortho intramolecular Hbond substituents is 1. The van der Waals surface area contributed by atoms with E-state index in [1.807, 2.05) is 60.8 Å². The zero-order chi connectivity index (χ0) is 18.8. The van der Waals surface area contributed by atoms with Crippen LogP contribution in [0.15, 0.2) is 85.2 Å². The zero-order valence-corrected chi connectivity index (χ0v) is 15.0. The second kappa shape index (κ2) is 7.04. The molecular formula is C24H19NO2. The first-order valence-electron chi connectivity index (χ1n) is 8.86. The molecule has 0 radical (unpaired) electrons. The summed E-state index contributed by atoms with van der Waals surface area (Å²) in [6.45, 7) is 1.58. The van der Waals surface area contributed by atoms with E-state index in [1.165, 1.54) is 0 Å². The highest BCUT2D eigenvalue weighted by molar-refractivity contribution is 5.98. The Kier molecular flexibility index (Phi) is 4.43. The minimum absolute atomic E-state index is 0.0587. The number of hydrogen-bond donors (Lipinski definition) is 1. The van der Waals surface area contributed by atoms with E-state index < -0.39 is 0 Å². The van der Waals surface area contributed by atoms with Gasteiger partial charge in [-0.1, -0.05) is 54.6 Å². The number of hydrogen-bond acceptors (Lipinski definition) is 3. The molecule has 0 spiro atoms. The molecule has 4 rings (SSSR count). The number of pyridine rings is 1. The molecule has 0 aliphatic rings. The number of carbonyl (C=O) groups is 1. The summed E-state index contributed by atoms with van der Waals surface area (Å²) in [5, 5.41) is 12.5. The summed E-state index contributed by atoms with van der Waals surface area (Å²) < 4.78 is 0. The molecule has 3 aromatic carbocycles. The van der Waals surface area contributed by atoms with E-state index in [4.69, 9.17) is 0 Å². The van der Waals surface area contributed by atoms with Crippen LogP contribution >= 0.6 is 0 Å². The van der Waals surface area contributed by atoms with Gasteiger partial charge in [0.25, 0.3) is 0 Å². The molecule has 0 fully saturated rings. The van der Waals surface area contributed by atoms with Gasteiger partial charge in [0.15, 0.2) is 5.78 Å². The molecule has 0 aliphatic carbocycles. The van der Waals surface area contributed by atoms with Crippen LogP contribution in [-0.2, 0) is 0 Å². The van der Waals surface area contributed by atoms with Gasteiger partial charge in [-0.25, -0.2) is 0 Å². The van der Waals surface area contributed by atoms with Crippen LogP contribution in [0.1, 0.15) is 39.9 Å². The van der Waals surface area contributed by atoms with E-state index in [0.717, 1.165) is 27.5 Å². The molecule has 0 saturated heterocycles. The second-order valence-electron chi connectivity index (χ2n) is 6.66. The van der Waals surface area contributed by atoms with Crippen molar-refractivity contribution in [1.82, 2.24) is 4.98 Å². The number of rotatable bonds is 4. The largest absolute Gasteiger partial charge is 0.508 e. The Hall–Kier alpha value is -3.46. The standard InChI is InChI=1S/C24H19NO2/c1-16(26)17-8-9-19-14-20(11-10-18(19)13-17)24(21-5-4-12-25-15-21)22-6-2-3-7-23(22)27/h2-15,24,27H,1H3. The molecule has 0 aliphatic heterocycles. The van der Waals surface area contributed by atoms with Crippen molar-refractivity contribution in [1.29, 1.82) is 0 Å². The third-order valence-electron chi connectivity index (χ3n) is 4.87. The molecule has 1 unspecified atom stereocenters. The molecule has 0 bridgehead atoms. The number of aromatic nitrogens is 1. The first-order valence-corrected chi connectivity index (χ1v) is 8.86. The molecule has 1 aromatic heterocycles. The Morgan fingerprint density at radius 3 is 2.41 bits per heavy atom. The van der Waals surface area contributed by atoms with Crippen molar-refractivity contribution in [3.63, 3.8) is 0 Å². The number of carbonyl (C=O) groups excluding carboxylic acids is 1. The quantitative estimate of drug-likeness (QED) is 0.505. The van der Waals surface area contributed by atoms with E-state index in [9.17, 15) is 9.90 Å². The average Bonchev–Trinajstić information content (AvgIpc) is 2.70. The highest BCUT2D eigenvalue weighted by atomic mass is 16.3. The van der Waals surface area contributed by atoms with Gasteiger partial charge in [-0.2, -0.15) is 0 Å². The van der Waals surface area contributed by atoms with Gasteiger partial charge in [0, 0.05) is 29.4 Å². The second-order valence-corrected chi connectivity index (χ2v) is 6.66. The van der Waals surface area contributed by atoms with Crippen LogP contribution in [-0.4, -0.2) is 15.9 Å². The van der Waals surface area contributed by atoms with Crippen LogP contribution < -0.4 is 0 Å². The van der Waals surface area contributed by atoms with Gasteiger partial charge >= 0.3 is 0 Å². The molecule has 1 heterocycles. The molecule has 3 nitrogen and oxygen atoms in total. The van der Waals surface area contributed by atoms with Crippen LogP contribution in [0, 0.1) is 0 Å². The number of Topliss-reactive ketones (excluding diaryl/α,β-unsaturated/α-hetero) is 1. The van der Waals surface area contributed by atoms with Gasteiger partial charge in [-0.3, -0.25) is 9.78 Å². The Balaban J connectivity index is 1.89. The lowest BCUT2D eigenvalue weighted by molar-refractivity contribution is 0.101. The minimum atomic E-state index is -0.128. The van der Waals surface area contributed by atoms with E-state index >= 15 is 0 Å². The SMILES string of the molecule is CC(=O)c1ccc2cc(C(c3cccnc3)c3ccccc3O)ccc2c1. The van der Waals surface area contributed by atoms with Gasteiger partial charge < -0.3 is 5.11 Å². The summed E-state index contributed by atoms with van der Waals surface area (Å²) in [6, 6.07) is 23.3. The van der Waals surface area contributed by atoms with E-state index in [2.05, 4.69) is 17.1 Å². The number of phenols is 1. The fourth-order valence-electron chi connectivity index (χ4n) is 3.49. The molecule has 1 N–H and O–H groups in total. The smallest absolute Gasteiger partial charge is 0.159 e. The van der Waals surface area contributed by atoms with Crippen LogP contribution in [0.25, 0.3) is 10.8 Å². The predicted molar refractivity (Wildman–Crippen MR) is 107 cm³/mol. The monoisotopic (exact) mass is 353 g/mol. The fourth-order valence-corrected chi connectivity index (χ4v) is 3.49. The maximum absolute atomic E-state index is 11.6. The first-order chi connectivity index (χ1) is 13.1. The van der Waals surface area contributed by atoms with Crippen LogP contribution in [0.4, 0.5) is 0 Å². The summed E-state index contributed by atoms with van der Waals surface area (Å²) in [6.07, 6.45) is 3.58. The molecule has 4 aromatic rings. The van der Waals surface area contributed by atoms with Crippen LogP contribution in [0.5, 0.6) is 5.75 Å². The Morgan fingerprint density at radius 2 is 1.67 bits per heavy atom. The number of ketones is 1. The van der Waals surface area contributed by atoms with E-state index in [0.29, 0.717) is 5.56 Å². The van der Waals surface area contributed by atoms with Crippen molar-refractivity contribution in [2.75, 3.05) is 0 Å². The summed E-state index contributed by atoms with van der Waals surface area (Å²) in [5.41, 5.74) is 3.62. The highest BCUT2D eigenvalue weighted by Gasteiger charge is 2.20. The van der Waals surface area contributed by atoms with E-state index in [1.54, 1.807) is 19.2 Å². The maximum Gasteiger partial charge on any atom is 0.159 e.